The number of hydrogen-bond donors (Lipinski definition) is 2. The zero-order chi connectivity index (χ0) is 12.5. The van der Waals surface area contributed by atoms with Gasteiger partial charge in [-0.15, -0.1) is 0 Å². The number of rotatable bonds is 2. The third-order valence-electron chi connectivity index (χ3n) is 2.88. The van der Waals surface area contributed by atoms with Gasteiger partial charge in [-0.1, -0.05) is 6.07 Å². The quantitative estimate of drug-likeness (QED) is 0.721. The van der Waals surface area contributed by atoms with Crippen LogP contribution in [0.15, 0.2) is 42.9 Å². The van der Waals surface area contributed by atoms with E-state index in [1.165, 1.54) is 0 Å². The zero-order valence-corrected chi connectivity index (χ0v) is 9.84. The summed E-state index contributed by atoms with van der Waals surface area (Å²) in [6.45, 7) is 0. The topological polar surface area (TPSA) is 62.7 Å². The van der Waals surface area contributed by atoms with Crippen molar-refractivity contribution >= 4 is 22.8 Å². The standard InChI is InChI=1S/C13H12N4O/c1-17-7-4-9-2-3-10(8-11(9)17)12(18)16-13-14-5-6-15-13/h2-8H,1H3,(H2,14,15,16,18). The highest BCUT2D eigenvalue weighted by atomic mass is 16.1. The molecule has 0 aliphatic heterocycles. The number of amides is 1. The summed E-state index contributed by atoms with van der Waals surface area (Å²) in [6.07, 6.45) is 5.23. The van der Waals surface area contributed by atoms with Crippen molar-refractivity contribution in [3.63, 3.8) is 0 Å². The van der Waals surface area contributed by atoms with Crippen LogP contribution in [-0.2, 0) is 7.05 Å². The number of fused-ring (bicyclic) bond motifs is 1. The van der Waals surface area contributed by atoms with Crippen molar-refractivity contribution in [3.8, 4) is 0 Å². The Morgan fingerprint density at radius 3 is 3.06 bits per heavy atom. The summed E-state index contributed by atoms with van der Waals surface area (Å²) in [5.74, 6) is 0.278. The molecule has 0 atom stereocenters. The summed E-state index contributed by atoms with van der Waals surface area (Å²) in [4.78, 5) is 18.8. The molecule has 0 bridgehead atoms. The van der Waals surface area contributed by atoms with Crippen molar-refractivity contribution in [2.75, 3.05) is 5.32 Å². The predicted molar refractivity (Wildman–Crippen MR) is 69.5 cm³/mol. The van der Waals surface area contributed by atoms with E-state index in [1.807, 2.05) is 36.0 Å². The fourth-order valence-corrected chi connectivity index (χ4v) is 1.92. The number of carbonyl (C=O) groups is 1. The minimum Gasteiger partial charge on any atom is -0.351 e. The summed E-state index contributed by atoms with van der Waals surface area (Å²) in [7, 11) is 1.95. The van der Waals surface area contributed by atoms with Crippen LogP contribution >= 0.6 is 0 Å². The van der Waals surface area contributed by atoms with Crippen molar-refractivity contribution in [1.29, 1.82) is 0 Å². The Balaban J connectivity index is 1.93. The van der Waals surface area contributed by atoms with E-state index in [9.17, 15) is 4.79 Å². The van der Waals surface area contributed by atoms with Gasteiger partial charge in [-0.2, -0.15) is 0 Å². The lowest BCUT2D eigenvalue weighted by Gasteiger charge is -2.03. The lowest BCUT2D eigenvalue weighted by Crippen LogP contribution is -2.12. The van der Waals surface area contributed by atoms with E-state index in [0.717, 1.165) is 10.9 Å². The highest BCUT2D eigenvalue weighted by molar-refractivity contribution is 6.05. The smallest absolute Gasteiger partial charge is 0.258 e. The molecule has 0 aliphatic rings. The fraction of sp³-hybridized carbons (Fsp3) is 0.0769. The molecule has 0 unspecified atom stereocenters. The highest BCUT2D eigenvalue weighted by Crippen LogP contribution is 2.17. The third-order valence-corrected chi connectivity index (χ3v) is 2.88. The molecule has 2 aromatic heterocycles. The SMILES string of the molecule is Cn1ccc2ccc(C(=O)Nc3ncc[nH]3)cc21. The van der Waals surface area contributed by atoms with Gasteiger partial charge in [-0.25, -0.2) is 4.98 Å². The van der Waals surface area contributed by atoms with E-state index < -0.39 is 0 Å². The van der Waals surface area contributed by atoms with Crippen LogP contribution in [0.25, 0.3) is 10.9 Å². The molecule has 18 heavy (non-hydrogen) atoms. The van der Waals surface area contributed by atoms with Crippen LogP contribution in [0.5, 0.6) is 0 Å². The van der Waals surface area contributed by atoms with Crippen molar-refractivity contribution in [2.24, 2.45) is 7.05 Å². The molecule has 5 heteroatoms. The van der Waals surface area contributed by atoms with Gasteiger partial charge in [0, 0.05) is 36.7 Å². The zero-order valence-electron chi connectivity index (χ0n) is 9.84. The van der Waals surface area contributed by atoms with Crippen LogP contribution in [0.1, 0.15) is 10.4 Å². The maximum absolute atomic E-state index is 12.0. The Kier molecular flexibility index (Phi) is 2.37. The largest absolute Gasteiger partial charge is 0.351 e. The van der Waals surface area contributed by atoms with E-state index in [2.05, 4.69) is 15.3 Å². The number of aromatic amines is 1. The number of benzene rings is 1. The summed E-state index contributed by atoms with van der Waals surface area (Å²) < 4.78 is 1.99. The minimum absolute atomic E-state index is 0.173. The van der Waals surface area contributed by atoms with Gasteiger partial charge in [0.1, 0.15) is 0 Å². The molecule has 2 heterocycles. The molecule has 0 saturated carbocycles. The molecule has 3 aromatic rings. The Morgan fingerprint density at radius 2 is 2.28 bits per heavy atom. The molecule has 1 aromatic carbocycles. The number of anilines is 1. The number of aryl methyl sites for hydroxylation is 1. The number of imidazole rings is 1. The summed E-state index contributed by atoms with van der Waals surface area (Å²) in [6, 6.07) is 7.63. The normalized spacial score (nSPS) is 10.7. The van der Waals surface area contributed by atoms with Gasteiger partial charge in [0.05, 0.1) is 0 Å². The molecule has 0 fully saturated rings. The molecule has 0 spiro atoms. The summed E-state index contributed by atoms with van der Waals surface area (Å²) in [5, 5.41) is 3.82. The van der Waals surface area contributed by atoms with E-state index in [-0.39, 0.29) is 5.91 Å². The van der Waals surface area contributed by atoms with Crippen molar-refractivity contribution in [2.45, 2.75) is 0 Å². The van der Waals surface area contributed by atoms with Gasteiger partial charge in [-0.05, 0) is 23.6 Å². The van der Waals surface area contributed by atoms with Crippen molar-refractivity contribution in [3.05, 3.63) is 48.4 Å². The Hall–Kier alpha value is -2.56. The van der Waals surface area contributed by atoms with Crippen LogP contribution in [-0.4, -0.2) is 20.4 Å². The monoisotopic (exact) mass is 240 g/mol. The average Bonchev–Trinajstić information content (AvgIpc) is 3.00. The fourth-order valence-electron chi connectivity index (χ4n) is 1.92. The van der Waals surface area contributed by atoms with Crippen molar-refractivity contribution < 1.29 is 4.79 Å². The molecular formula is C13H12N4O. The van der Waals surface area contributed by atoms with Gasteiger partial charge in [-0.3, -0.25) is 10.1 Å². The first-order chi connectivity index (χ1) is 8.74. The van der Waals surface area contributed by atoms with Crippen LogP contribution in [0.2, 0.25) is 0 Å². The third kappa shape index (κ3) is 1.75. The number of H-pyrrole nitrogens is 1. The number of nitrogens with one attached hydrogen (secondary N) is 2. The van der Waals surface area contributed by atoms with Crippen LogP contribution < -0.4 is 5.32 Å². The second-order valence-corrected chi connectivity index (χ2v) is 4.09. The Morgan fingerprint density at radius 1 is 1.39 bits per heavy atom. The maximum Gasteiger partial charge on any atom is 0.258 e. The average molecular weight is 240 g/mol. The number of aromatic nitrogens is 3. The summed E-state index contributed by atoms with van der Waals surface area (Å²) in [5.41, 5.74) is 1.64. The summed E-state index contributed by atoms with van der Waals surface area (Å²) >= 11 is 0. The molecule has 3 rings (SSSR count). The predicted octanol–water partition coefficient (Wildman–Crippen LogP) is 2.15. The molecule has 0 aliphatic carbocycles. The second-order valence-electron chi connectivity index (χ2n) is 4.09. The highest BCUT2D eigenvalue weighted by Gasteiger charge is 2.08. The van der Waals surface area contributed by atoms with E-state index in [0.29, 0.717) is 11.5 Å². The van der Waals surface area contributed by atoms with Gasteiger partial charge in [0.25, 0.3) is 5.91 Å². The van der Waals surface area contributed by atoms with E-state index >= 15 is 0 Å². The maximum atomic E-state index is 12.0. The molecule has 0 radical (unpaired) electrons. The number of hydrogen-bond acceptors (Lipinski definition) is 2. The second kappa shape index (κ2) is 4.03. The molecule has 0 saturated heterocycles. The van der Waals surface area contributed by atoms with Crippen molar-refractivity contribution in [1.82, 2.24) is 14.5 Å². The molecular weight excluding hydrogens is 228 g/mol. The first kappa shape index (κ1) is 10.6. The van der Waals surface area contributed by atoms with Gasteiger partial charge in [0.15, 0.2) is 0 Å². The Labute approximate surface area is 103 Å². The molecule has 1 amide bonds. The Bertz CT molecular complexity index is 697. The number of nitrogens with zero attached hydrogens (tertiary/aromatic N) is 2. The van der Waals surface area contributed by atoms with Gasteiger partial charge < -0.3 is 9.55 Å². The molecule has 5 nitrogen and oxygen atoms in total. The molecule has 2 N–H and O–H groups in total. The molecule has 90 valence electrons. The lowest BCUT2D eigenvalue weighted by atomic mass is 10.1. The lowest BCUT2D eigenvalue weighted by molar-refractivity contribution is 0.102. The first-order valence-electron chi connectivity index (χ1n) is 5.60. The van der Waals surface area contributed by atoms with E-state index in [4.69, 9.17) is 0 Å². The van der Waals surface area contributed by atoms with Crippen LogP contribution in [0.3, 0.4) is 0 Å². The van der Waals surface area contributed by atoms with E-state index in [1.54, 1.807) is 18.5 Å². The van der Waals surface area contributed by atoms with Crippen LogP contribution in [0.4, 0.5) is 5.95 Å². The number of carbonyl (C=O) groups excluding carboxylic acids is 1. The minimum atomic E-state index is -0.173. The van der Waals surface area contributed by atoms with Gasteiger partial charge in [0.2, 0.25) is 5.95 Å². The van der Waals surface area contributed by atoms with Crippen LogP contribution in [0, 0.1) is 0 Å². The van der Waals surface area contributed by atoms with Gasteiger partial charge >= 0.3 is 0 Å². The first-order valence-corrected chi connectivity index (χ1v) is 5.60.